The van der Waals surface area contributed by atoms with E-state index < -0.39 is 28.1 Å². The summed E-state index contributed by atoms with van der Waals surface area (Å²) in [5.74, 6) is -2.74. The van der Waals surface area contributed by atoms with Gasteiger partial charge in [0.25, 0.3) is 0 Å². The van der Waals surface area contributed by atoms with Crippen molar-refractivity contribution in [3.8, 4) is 6.07 Å². The molecule has 1 saturated carbocycles. The Morgan fingerprint density at radius 1 is 1.39 bits per heavy atom. The van der Waals surface area contributed by atoms with E-state index >= 15 is 0 Å². The molecule has 3 nitrogen and oxygen atoms in total. The van der Waals surface area contributed by atoms with Gasteiger partial charge in [-0.25, -0.2) is 8.78 Å². The van der Waals surface area contributed by atoms with Crippen molar-refractivity contribution in [3.05, 3.63) is 0 Å². The Hall–Kier alpha value is -0.380. The number of halogens is 2. The maximum Gasteiger partial charge on any atom is 0.248 e. The first kappa shape index (κ1) is 15.7. The molecule has 0 aliphatic heterocycles. The van der Waals surface area contributed by atoms with Gasteiger partial charge in [0, 0.05) is 24.2 Å². The molecular formula is C12H20F2N2OS. The molecule has 0 aromatic carbocycles. The third-order valence-electron chi connectivity index (χ3n) is 3.16. The van der Waals surface area contributed by atoms with Crippen LogP contribution in [0.25, 0.3) is 0 Å². The Balaban J connectivity index is 2.56. The van der Waals surface area contributed by atoms with Crippen molar-refractivity contribution in [2.75, 3.05) is 0 Å². The average Bonchev–Trinajstić information content (AvgIpc) is 2.24. The first-order chi connectivity index (χ1) is 8.15. The maximum absolute atomic E-state index is 13.0. The molecule has 0 radical (unpaired) electrons. The van der Waals surface area contributed by atoms with Crippen LogP contribution >= 0.6 is 0 Å². The normalized spacial score (nSPS) is 24.3. The lowest BCUT2D eigenvalue weighted by atomic mass is 9.83. The van der Waals surface area contributed by atoms with Crippen molar-refractivity contribution in [1.29, 1.82) is 5.26 Å². The lowest BCUT2D eigenvalue weighted by Crippen LogP contribution is -2.48. The third kappa shape index (κ3) is 4.38. The number of rotatable bonds is 3. The van der Waals surface area contributed by atoms with E-state index in [2.05, 4.69) is 10.8 Å². The fraction of sp³-hybridized carbons (Fsp3) is 0.917. The van der Waals surface area contributed by atoms with Crippen molar-refractivity contribution < 1.29 is 13.3 Å². The highest BCUT2D eigenvalue weighted by atomic mass is 32.2. The molecule has 0 aromatic heterocycles. The van der Waals surface area contributed by atoms with E-state index in [9.17, 15) is 13.3 Å². The highest BCUT2D eigenvalue weighted by Gasteiger charge is 2.40. The minimum atomic E-state index is -2.60. The molecule has 2 atom stereocenters. The Morgan fingerprint density at radius 3 is 2.28 bits per heavy atom. The molecule has 1 fully saturated rings. The molecule has 6 heteroatoms. The summed E-state index contributed by atoms with van der Waals surface area (Å²) < 4.78 is 40.3. The van der Waals surface area contributed by atoms with Crippen LogP contribution in [0.15, 0.2) is 0 Å². The van der Waals surface area contributed by atoms with Gasteiger partial charge >= 0.3 is 0 Å². The lowest BCUT2D eigenvalue weighted by Gasteiger charge is -2.33. The molecule has 1 N–H and O–H groups in total. The van der Waals surface area contributed by atoms with Crippen LogP contribution in [0.5, 0.6) is 0 Å². The van der Waals surface area contributed by atoms with Crippen molar-refractivity contribution in [2.45, 2.75) is 63.2 Å². The van der Waals surface area contributed by atoms with Gasteiger partial charge in [-0.1, -0.05) is 0 Å². The summed E-state index contributed by atoms with van der Waals surface area (Å²) in [4.78, 5) is 0. The molecule has 0 aromatic rings. The highest BCUT2D eigenvalue weighted by Crippen LogP contribution is 2.37. The van der Waals surface area contributed by atoms with Crippen LogP contribution in [-0.4, -0.2) is 21.3 Å². The van der Waals surface area contributed by atoms with E-state index in [1.807, 2.05) is 0 Å². The molecule has 1 aliphatic rings. The predicted octanol–water partition coefficient (Wildman–Crippen LogP) is 2.76. The summed E-state index contributed by atoms with van der Waals surface area (Å²) in [6.45, 7) is 5.42. The smallest absolute Gasteiger partial charge is 0.248 e. The molecular weight excluding hydrogens is 258 g/mol. The zero-order chi connectivity index (χ0) is 14.0. The number of hydrogen-bond donors (Lipinski definition) is 1. The number of alkyl halides is 2. The quantitative estimate of drug-likeness (QED) is 0.808. The zero-order valence-corrected chi connectivity index (χ0v) is 11.8. The first-order valence-electron chi connectivity index (χ1n) is 6.11. The van der Waals surface area contributed by atoms with Gasteiger partial charge in [0.05, 0.1) is 6.07 Å². The largest absolute Gasteiger partial charge is 0.598 e. The number of nitrogens with one attached hydrogen (secondary N) is 1. The Labute approximate surface area is 110 Å². The molecule has 0 saturated heterocycles. The van der Waals surface area contributed by atoms with Crippen molar-refractivity contribution in [3.63, 3.8) is 0 Å². The number of nitrogens with zero attached hydrogens (tertiary/aromatic N) is 1. The van der Waals surface area contributed by atoms with Crippen LogP contribution in [0.4, 0.5) is 8.78 Å². The van der Waals surface area contributed by atoms with Gasteiger partial charge < -0.3 is 4.55 Å². The van der Waals surface area contributed by atoms with Gasteiger partial charge in [0.1, 0.15) is 10.8 Å². The minimum Gasteiger partial charge on any atom is -0.598 e. The molecule has 0 heterocycles. The van der Waals surface area contributed by atoms with E-state index in [0.29, 0.717) is 12.8 Å². The summed E-state index contributed by atoms with van der Waals surface area (Å²) in [7, 11) is 0. The van der Waals surface area contributed by atoms with Crippen molar-refractivity contribution in [1.82, 2.24) is 4.72 Å². The van der Waals surface area contributed by atoms with E-state index in [0.717, 1.165) is 0 Å². The van der Waals surface area contributed by atoms with Crippen molar-refractivity contribution in [2.24, 2.45) is 5.92 Å². The molecule has 1 unspecified atom stereocenters. The summed E-state index contributed by atoms with van der Waals surface area (Å²) in [5.41, 5.74) is 0. The Kier molecular flexibility index (Phi) is 4.98. The van der Waals surface area contributed by atoms with Gasteiger partial charge in [-0.05, 0) is 39.5 Å². The van der Waals surface area contributed by atoms with Crippen molar-refractivity contribution >= 4 is 11.4 Å². The highest BCUT2D eigenvalue weighted by molar-refractivity contribution is 7.90. The van der Waals surface area contributed by atoms with Gasteiger partial charge in [-0.3, -0.25) is 0 Å². The SMILES string of the molecule is CC(C)(C)[S@+]([O-])NC(C#N)C1CCC(F)(F)CC1. The fourth-order valence-electron chi connectivity index (χ4n) is 1.92. The standard InChI is InChI=1S/C12H20F2N2OS/c1-11(2,3)18(17)16-10(8-15)9-4-6-12(13,14)7-5-9/h9-10,16H,4-7H2,1-3H3/t10?,18-/m0/s1. The summed E-state index contributed by atoms with van der Waals surface area (Å²) >= 11 is -1.35. The predicted molar refractivity (Wildman–Crippen MR) is 67.3 cm³/mol. The van der Waals surface area contributed by atoms with Gasteiger partial charge in [0.2, 0.25) is 5.92 Å². The Bertz CT molecular complexity index is 315. The van der Waals surface area contributed by atoms with Gasteiger partial charge in [0.15, 0.2) is 0 Å². The van der Waals surface area contributed by atoms with Crippen LogP contribution in [-0.2, 0) is 11.4 Å². The second-order valence-electron chi connectivity index (χ2n) is 5.80. The van der Waals surface area contributed by atoms with E-state index in [-0.39, 0.29) is 18.8 Å². The van der Waals surface area contributed by atoms with Crippen LogP contribution in [0.3, 0.4) is 0 Å². The molecule has 104 valence electrons. The average molecular weight is 278 g/mol. The first-order valence-corrected chi connectivity index (χ1v) is 7.26. The van der Waals surface area contributed by atoms with Crippen LogP contribution in [0.2, 0.25) is 0 Å². The maximum atomic E-state index is 13.0. The van der Waals surface area contributed by atoms with Crippen LogP contribution in [0, 0.1) is 17.2 Å². The van der Waals surface area contributed by atoms with E-state index in [4.69, 9.17) is 5.26 Å². The second kappa shape index (κ2) is 5.72. The number of hydrogen-bond acceptors (Lipinski definition) is 3. The molecule has 0 spiro atoms. The second-order valence-corrected chi connectivity index (χ2v) is 7.80. The summed E-state index contributed by atoms with van der Waals surface area (Å²) in [6, 6.07) is 1.44. The molecule has 1 rings (SSSR count). The number of nitriles is 1. The lowest BCUT2D eigenvalue weighted by molar-refractivity contribution is -0.0470. The molecule has 1 aliphatic carbocycles. The van der Waals surface area contributed by atoms with E-state index in [1.54, 1.807) is 20.8 Å². The third-order valence-corrected chi connectivity index (χ3v) is 4.74. The summed E-state index contributed by atoms with van der Waals surface area (Å²) in [5, 5.41) is 9.09. The topological polar surface area (TPSA) is 58.9 Å². The zero-order valence-electron chi connectivity index (χ0n) is 11.0. The fourth-order valence-corrected chi connectivity index (χ4v) is 2.75. The molecule has 0 amide bonds. The Morgan fingerprint density at radius 2 is 1.89 bits per heavy atom. The van der Waals surface area contributed by atoms with Crippen LogP contribution < -0.4 is 4.72 Å². The van der Waals surface area contributed by atoms with E-state index in [1.165, 1.54) is 0 Å². The van der Waals surface area contributed by atoms with Gasteiger partial charge in [-0.15, -0.1) is 4.72 Å². The summed E-state index contributed by atoms with van der Waals surface area (Å²) in [6.07, 6.45) is 0.249. The minimum absolute atomic E-state index is 0.138. The molecule has 0 bridgehead atoms. The molecule has 18 heavy (non-hydrogen) atoms. The van der Waals surface area contributed by atoms with Gasteiger partial charge in [-0.2, -0.15) is 5.26 Å². The van der Waals surface area contributed by atoms with Crippen LogP contribution in [0.1, 0.15) is 46.5 Å². The monoisotopic (exact) mass is 278 g/mol.